The number of para-hydroxylation sites is 1. The van der Waals surface area contributed by atoms with Crippen LogP contribution in [0.1, 0.15) is 35.9 Å². The average Bonchev–Trinajstić information content (AvgIpc) is 3.10. The van der Waals surface area contributed by atoms with Crippen molar-refractivity contribution >= 4 is 19.2 Å². The van der Waals surface area contributed by atoms with E-state index in [0.717, 1.165) is 28.3 Å². The minimum Gasteiger partial charge on any atom is -0.494 e. The Labute approximate surface area is 169 Å². The van der Waals surface area contributed by atoms with Gasteiger partial charge in [-0.15, -0.1) is 11.3 Å². The molecule has 0 spiro atoms. The molecular formula is C20H26NO5PS. The summed E-state index contributed by atoms with van der Waals surface area (Å²) >= 11 is 1.60. The van der Waals surface area contributed by atoms with Crippen LogP contribution in [0.15, 0.2) is 42.5 Å². The maximum atomic E-state index is 10.8. The third-order valence-electron chi connectivity index (χ3n) is 3.84. The monoisotopic (exact) mass is 423 g/mol. The van der Waals surface area contributed by atoms with Gasteiger partial charge >= 0.3 is 7.82 Å². The first-order chi connectivity index (χ1) is 13.2. The second kappa shape index (κ2) is 10.8. The van der Waals surface area contributed by atoms with E-state index >= 15 is 0 Å². The SMILES string of the molecule is CC(N)(CCc1ccc(C#CCCCOc2ccccc2)s1)COP(=O)(O)O. The first kappa shape index (κ1) is 22.6. The van der Waals surface area contributed by atoms with Gasteiger partial charge in [0.05, 0.1) is 18.1 Å². The molecule has 0 bridgehead atoms. The molecule has 1 heterocycles. The highest BCUT2D eigenvalue weighted by atomic mass is 32.1. The standard InChI is InChI=1S/C20H26NO5PS/c1-20(21,16-26-27(22,23)24)14-13-19-12-11-18(28-19)10-6-3-7-15-25-17-8-4-2-5-9-17/h2,4-5,8-9,11-12H,3,7,13-16,21H2,1H3,(H2,22,23,24). The van der Waals surface area contributed by atoms with Gasteiger partial charge in [-0.1, -0.05) is 30.0 Å². The second-order valence-corrected chi connectivity index (χ2v) is 9.16. The molecule has 0 saturated heterocycles. The van der Waals surface area contributed by atoms with Gasteiger partial charge in [-0.2, -0.15) is 0 Å². The van der Waals surface area contributed by atoms with Crippen molar-refractivity contribution in [3.63, 3.8) is 0 Å². The number of thiophene rings is 1. The van der Waals surface area contributed by atoms with Crippen molar-refractivity contribution in [3.8, 4) is 17.6 Å². The maximum absolute atomic E-state index is 10.8. The van der Waals surface area contributed by atoms with Crippen LogP contribution in [-0.4, -0.2) is 28.5 Å². The Kier molecular flexibility index (Phi) is 8.71. The van der Waals surface area contributed by atoms with Crippen molar-refractivity contribution in [2.75, 3.05) is 13.2 Å². The van der Waals surface area contributed by atoms with Gasteiger partial charge < -0.3 is 20.3 Å². The quantitative estimate of drug-likeness (QED) is 0.306. The third-order valence-corrected chi connectivity index (χ3v) is 5.36. The molecule has 0 aliphatic carbocycles. The van der Waals surface area contributed by atoms with Gasteiger partial charge in [-0.3, -0.25) is 4.52 Å². The predicted molar refractivity (Wildman–Crippen MR) is 111 cm³/mol. The Morgan fingerprint density at radius 3 is 2.68 bits per heavy atom. The average molecular weight is 423 g/mol. The normalized spacial score (nSPS) is 13.4. The molecule has 1 aromatic carbocycles. The smallest absolute Gasteiger partial charge is 0.469 e. The molecule has 2 aromatic rings. The minimum absolute atomic E-state index is 0.194. The molecule has 1 unspecified atom stereocenters. The van der Waals surface area contributed by atoms with Gasteiger partial charge in [0.25, 0.3) is 0 Å². The van der Waals surface area contributed by atoms with E-state index in [9.17, 15) is 4.57 Å². The first-order valence-electron chi connectivity index (χ1n) is 8.98. The van der Waals surface area contributed by atoms with Crippen LogP contribution in [-0.2, 0) is 15.5 Å². The van der Waals surface area contributed by atoms with Crippen molar-refractivity contribution in [1.82, 2.24) is 0 Å². The summed E-state index contributed by atoms with van der Waals surface area (Å²) in [5.41, 5.74) is 5.23. The lowest BCUT2D eigenvalue weighted by Gasteiger charge is -2.24. The number of ether oxygens (including phenoxy) is 1. The molecule has 6 nitrogen and oxygen atoms in total. The van der Waals surface area contributed by atoms with Crippen molar-refractivity contribution < 1.29 is 23.6 Å². The number of unbranched alkanes of at least 4 members (excludes halogenated alkanes) is 1. The fraction of sp³-hybridized carbons (Fsp3) is 0.400. The van der Waals surface area contributed by atoms with Crippen molar-refractivity contribution in [3.05, 3.63) is 52.2 Å². The zero-order chi connectivity index (χ0) is 20.5. The maximum Gasteiger partial charge on any atom is 0.469 e. The highest BCUT2D eigenvalue weighted by Crippen LogP contribution is 2.37. The van der Waals surface area contributed by atoms with E-state index in [1.165, 1.54) is 0 Å². The summed E-state index contributed by atoms with van der Waals surface area (Å²) in [6.45, 7) is 2.16. The van der Waals surface area contributed by atoms with Crippen LogP contribution < -0.4 is 10.5 Å². The Bertz CT molecular complexity index is 835. The first-order valence-corrected chi connectivity index (χ1v) is 11.3. The molecule has 152 valence electrons. The molecule has 8 heteroatoms. The van der Waals surface area contributed by atoms with Gasteiger partial charge in [0.1, 0.15) is 5.75 Å². The zero-order valence-corrected chi connectivity index (χ0v) is 17.5. The molecule has 4 N–H and O–H groups in total. The van der Waals surface area contributed by atoms with Gasteiger partial charge in [0.15, 0.2) is 0 Å². The molecule has 28 heavy (non-hydrogen) atoms. The molecule has 0 amide bonds. The van der Waals surface area contributed by atoms with E-state index in [0.29, 0.717) is 19.4 Å². The van der Waals surface area contributed by atoms with E-state index in [4.69, 9.17) is 20.3 Å². The predicted octanol–water partition coefficient (Wildman–Crippen LogP) is 3.72. The van der Waals surface area contributed by atoms with Crippen LogP contribution in [0.25, 0.3) is 0 Å². The molecule has 0 aliphatic heterocycles. The summed E-state index contributed by atoms with van der Waals surface area (Å²) in [6.07, 6.45) is 2.89. The fourth-order valence-corrected chi connectivity index (χ4v) is 3.65. The van der Waals surface area contributed by atoms with Crippen LogP contribution in [0.3, 0.4) is 0 Å². The van der Waals surface area contributed by atoms with E-state index in [1.807, 2.05) is 42.5 Å². The topological polar surface area (TPSA) is 102 Å². The van der Waals surface area contributed by atoms with Gasteiger partial charge in [0.2, 0.25) is 0 Å². The third kappa shape index (κ3) is 9.52. The van der Waals surface area contributed by atoms with E-state index in [2.05, 4.69) is 16.4 Å². The molecule has 2 rings (SSSR count). The number of phosphoric ester groups is 1. The number of aryl methyl sites for hydroxylation is 1. The van der Waals surface area contributed by atoms with Crippen LogP contribution in [0.4, 0.5) is 0 Å². The molecule has 1 atom stereocenters. The van der Waals surface area contributed by atoms with E-state index in [-0.39, 0.29) is 6.61 Å². The van der Waals surface area contributed by atoms with E-state index < -0.39 is 13.4 Å². The summed E-state index contributed by atoms with van der Waals surface area (Å²) in [5.74, 6) is 7.19. The van der Waals surface area contributed by atoms with Gasteiger partial charge in [0, 0.05) is 16.8 Å². The highest BCUT2D eigenvalue weighted by Gasteiger charge is 2.24. The lowest BCUT2D eigenvalue weighted by Crippen LogP contribution is -2.41. The van der Waals surface area contributed by atoms with Crippen LogP contribution >= 0.6 is 19.2 Å². The van der Waals surface area contributed by atoms with Gasteiger partial charge in [-0.25, -0.2) is 4.57 Å². The largest absolute Gasteiger partial charge is 0.494 e. The zero-order valence-electron chi connectivity index (χ0n) is 15.8. The molecule has 0 fully saturated rings. The second-order valence-electron chi connectivity index (χ2n) is 6.75. The fourth-order valence-electron chi connectivity index (χ4n) is 2.31. The number of hydrogen-bond acceptors (Lipinski definition) is 5. The lowest BCUT2D eigenvalue weighted by atomic mass is 9.98. The number of benzene rings is 1. The number of rotatable bonds is 10. The van der Waals surface area contributed by atoms with Crippen molar-refractivity contribution in [2.45, 2.75) is 38.1 Å². The summed E-state index contributed by atoms with van der Waals surface area (Å²) in [7, 11) is -4.50. The van der Waals surface area contributed by atoms with Gasteiger partial charge in [-0.05, 0) is 50.5 Å². The van der Waals surface area contributed by atoms with Crippen molar-refractivity contribution in [2.24, 2.45) is 5.73 Å². The van der Waals surface area contributed by atoms with Crippen LogP contribution in [0.2, 0.25) is 0 Å². The summed E-state index contributed by atoms with van der Waals surface area (Å²) in [4.78, 5) is 19.7. The highest BCUT2D eigenvalue weighted by molar-refractivity contribution is 7.46. The molecule has 0 radical (unpaired) electrons. The van der Waals surface area contributed by atoms with E-state index in [1.54, 1.807) is 18.3 Å². The number of hydrogen-bond donors (Lipinski definition) is 3. The lowest BCUT2D eigenvalue weighted by molar-refractivity contribution is 0.154. The Balaban J connectivity index is 1.69. The summed E-state index contributed by atoms with van der Waals surface area (Å²) in [5, 5.41) is 0. The minimum atomic E-state index is -4.50. The molecule has 0 saturated carbocycles. The summed E-state index contributed by atoms with van der Waals surface area (Å²) in [6, 6.07) is 13.7. The molecular weight excluding hydrogens is 397 g/mol. The Morgan fingerprint density at radius 1 is 1.21 bits per heavy atom. The molecule has 1 aromatic heterocycles. The summed E-state index contributed by atoms with van der Waals surface area (Å²) < 4.78 is 20.9. The van der Waals surface area contributed by atoms with Crippen molar-refractivity contribution in [1.29, 1.82) is 0 Å². The molecule has 0 aliphatic rings. The van der Waals surface area contributed by atoms with Crippen LogP contribution in [0, 0.1) is 11.8 Å². The van der Waals surface area contributed by atoms with Crippen LogP contribution in [0.5, 0.6) is 5.75 Å². The Morgan fingerprint density at radius 2 is 1.96 bits per heavy atom. The number of phosphoric acid groups is 1. The number of nitrogens with two attached hydrogens (primary N) is 1. The Hall–Kier alpha value is -1.65.